The van der Waals surface area contributed by atoms with Gasteiger partial charge in [0.2, 0.25) is 0 Å². The molecule has 7 heteroatoms. The normalized spacial score (nSPS) is 10.7. The van der Waals surface area contributed by atoms with Crippen LogP contribution in [0.15, 0.2) is 36.4 Å². The van der Waals surface area contributed by atoms with E-state index in [1.807, 2.05) is 0 Å². The van der Waals surface area contributed by atoms with E-state index in [2.05, 4.69) is 14.1 Å². The van der Waals surface area contributed by atoms with E-state index < -0.39 is 0 Å². The molecule has 0 bridgehead atoms. The van der Waals surface area contributed by atoms with Crippen LogP contribution in [-0.2, 0) is 0 Å². The molecule has 0 aliphatic carbocycles. The molecule has 0 aliphatic heterocycles. The van der Waals surface area contributed by atoms with Gasteiger partial charge < -0.3 is 5.32 Å². The van der Waals surface area contributed by atoms with Crippen LogP contribution in [0.25, 0.3) is 11.0 Å². The zero-order valence-electron chi connectivity index (χ0n) is 9.93. The van der Waals surface area contributed by atoms with Crippen LogP contribution in [0.3, 0.4) is 0 Å². The van der Waals surface area contributed by atoms with E-state index in [0.717, 1.165) is 17.2 Å². The Morgan fingerprint density at radius 3 is 2.70 bits per heavy atom. The summed E-state index contributed by atoms with van der Waals surface area (Å²) in [6.07, 6.45) is 0. The highest BCUT2D eigenvalue weighted by Crippen LogP contribution is 2.26. The molecule has 0 fully saturated rings. The zero-order valence-corrected chi connectivity index (χ0v) is 12.3. The van der Waals surface area contributed by atoms with Crippen molar-refractivity contribution in [2.24, 2.45) is 0 Å². The first-order valence-electron chi connectivity index (χ1n) is 5.62. The van der Waals surface area contributed by atoms with Gasteiger partial charge in [-0.15, -0.1) is 0 Å². The standard InChI is InChI=1S/C13H7Cl2N3OS/c14-8-2-3-9(15)11(6-8)16-13(19)7-1-4-10-12(5-7)18-20-17-10/h1-6H,(H,16,19). The Bertz CT molecular complexity index is 803. The summed E-state index contributed by atoms with van der Waals surface area (Å²) in [5.74, 6) is -0.274. The Morgan fingerprint density at radius 1 is 1.05 bits per heavy atom. The lowest BCUT2D eigenvalue weighted by Crippen LogP contribution is -2.12. The Balaban J connectivity index is 1.90. The Morgan fingerprint density at radius 2 is 1.85 bits per heavy atom. The minimum atomic E-state index is -0.274. The number of fused-ring (bicyclic) bond motifs is 1. The molecule has 1 N–H and O–H groups in total. The Hall–Kier alpha value is -1.69. The second-order valence-corrected chi connectivity index (χ2v) is 5.42. The molecule has 20 heavy (non-hydrogen) atoms. The molecule has 100 valence electrons. The maximum Gasteiger partial charge on any atom is 0.255 e. The van der Waals surface area contributed by atoms with Crippen LogP contribution in [0.5, 0.6) is 0 Å². The van der Waals surface area contributed by atoms with Crippen LogP contribution in [0.1, 0.15) is 10.4 Å². The molecule has 3 rings (SSSR count). The van der Waals surface area contributed by atoms with Crippen LogP contribution >= 0.6 is 34.9 Å². The summed E-state index contributed by atoms with van der Waals surface area (Å²) < 4.78 is 8.19. The second kappa shape index (κ2) is 5.36. The van der Waals surface area contributed by atoms with Crippen LogP contribution in [0.2, 0.25) is 10.0 Å². The average Bonchev–Trinajstić information content (AvgIpc) is 2.90. The number of halogens is 2. The van der Waals surface area contributed by atoms with E-state index >= 15 is 0 Å². The first kappa shape index (κ1) is 13.3. The monoisotopic (exact) mass is 323 g/mol. The number of nitrogens with zero attached hydrogens (tertiary/aromatic N) is 2. The third kappa shape index (κ3) is 2.60. The molecule has 0 atom stereocenters. The molecule has 3 aromatic rings. The molecule has 0 spiro atoms. The molecule has 0 radical (unpaired) electrons. The average molecular weight is 324 g/mol. The topological polar surface area (TPSA) is 54.9 Å². The fourth-order valence-corrected chi connectivity index (χ4v) is 2.57. The fraction of sp³-hybridized carbons (Fsp3) is 0. The highest BCUT2D eigenvalue weighted by molar-refractivity contribution is 7.00. The van der Waals surface area contributed by atoms with Crippen molar-refractivity contribution in [2.75, 3.05) is 5.32 Å². The van der Waals surface area contributed by atoms with E-state index in [1.54, 1.807) is 36.4 Å². The van der Waals surface area contributed by atoms with Gasteiger partial charge in [-0.05, 0) is 36.4 Å². The first-order valence-corrected chi connectivity index (χ1v) is 7.11. The zero-order chi connectivity index (χ0) is 14.1. The number of carbonyl (C=O) groups excluding carboxylic acids is 1. The van der Waals surface area contributed by atoms with Gasteiger partial charge in [0.1, 0.15) is 11.0 Å². The molecule has 0 saturated carbocycles. The van der Waals surface area contributed by atoms with Crippen LogP contribution in [0.4, 0.5) is 5.69 Å². The lowest BCUT2D eigenvalue weighted by molar-refractivity contribution is 0.102. The van der Waals surface area contributed by atoms with Crippen molar-refractivity contribution < 1.29 is 4.79 Å². The van der Waals surface area contributed by atoms with Gasteiger partial charge in [0.25, 0.3) is 5.91 Å². The minimum Gasteiger partial charge on any atom is -0.321 e. The highest BCUT2D eigenvalue weighted by Gasteiger charge is 2.10. The largest absolute Gasteiger partial charge is 0.321 e. The summed E-state index contributed by atoms with van der Waals surface area (Å²) in [7, 11) is 0. The summed E-state index contributed by atoms with van der Waals surface area (Å²) in [4.78, 5) is 12.2. The fourth-order valence-electron chi connectivity index (χ4n) is 1.71. The molecule has 1 heterocycles. The molecular formula is C13H7Cl2N3OS. The number of anilines is 1. The summed E-state index contributed by atoms with van der Waals surface area (Å²) in [6, 6.07) is 10.0. The molecular weight excluding hydrogens is 317 g/mol. The number of rotatable bonds is 2. The summed E-state index contributed by atoms with van der Waals surface area (Å²) in [5, 5.41) is 3.66. The van der Waals surface area contributed by atoms with Gasteiger partial charge in [0.05, 0.1) is 22.4 Å². The van der Waals surface area contributed by atoms with Crippen molar-refractivity contribution in [1.82, 2.24) is 8.75 Å². The van der Waals surface area contributed by atoms with E-state index in [0.29, 0.717) is 26.8 Å². The second-order valence-electron chi connectivity index (χ2n) is 4.05. The van der Waals surface area contributed by atoms with Crippen LogP contribution < -0.4 is 5.32 Å². The number of carbonyl (C=O) groups is 1. The van der Waals surface area contributed by atoms with Gasteiger partial charge in [0.15, 0.2) is 0 Å². The number of benzene rings is 2. The predicted octanol–water partition coefficient (Wildman–Crippen LogP) is 4.25. The number of nitrogens with one attached hydrogen (secondary N) is 1. The van der Waals surface area contributed by atoms with E-state index in [9.17, 15) is 4.79 Å². The smallest absolute Gasteiger partial charge is 0.255 e. The number of hydrogen-bond donors (Lipinski definition) is 1. The molecule has 1 aromatic heterocycles. The Labute approximate surface area is 128 Å². The van der Waals surface area contributed by atoms with Crippen molar-refractivity contribution in [1.29, 1.82) is 0 Å². The summed E-state index contributed by atoms with van der Waals surface area (Å²) in [6.45, 7) is 0. The van der Waals surface area contributed by atoms with Crippen molar-refractivity contribution in [3.8, 4) is 0 Å². The molecule has 4 nitrogen and oxygen atoms in total. The van der Waals surface area contributed by atoms with Crippen molar-refractivity contribution in [3.63, 3.8) is 0 Å². The number of amides is 1. The SMILES string of the molecule is O=C(Nc1cc(Cl)ccc1Cl)c1ccc2nsnc2c1. The number of aromatic nitrogens is 2. The van der Waals surface area contributed by atoms with Crippen LogP contribution in [-0.4, -0.2) is 14.7 Å². The van der Waals surface area contributed by atoms with Gasteiger partial charge in [-0.1, -0.05) is 23.2 Å². The first-order chi connectivity index (χ1) is 9.63. The van der Waals surface area contributed by atoms with Crippen molar-refractivity contribution in [3.05, 3.63) is 52.0 Å². The third-order valence-electron chi connectivity index (χ3n) is 2.69. The Kier molecular flexibility index (Phi) is 3.56. The van der Waals surface area contributed by atoms with Crippen molar-refractivity contribution >= 4 is 57.6 Å². The van der Waals surface area contributed by atoms with E-state index in [4.69, 9.17) is 23.2 Å². The maximum absolute atomic E-state index is 12.2. The lowest BCUT2D eigenvalue weighted by atomic mass is 10.2. The van der Waals surface area contributed by atoms with Gasteiger partial charge in [-0.25, -0.2) is 0 Å². The third-order valence-corrected chi connectivity index (χ3v) is 3.81. The van der Waals surface area contributed by atoms with Gasteiger partial charge >= 0.3 is 0 Å². The molecule has 0 unspecified atom stereocenters. The number of hydrogen-bond acceptors (Lipinski definition) is 4. The predicted molar refractivity (Wildman–Crippen MR) is 81.8 cm³/mol. The summed E-state index contributed by atoms with van der Waals surface area (Å²) in [5.41, 5.74) is 2.43. The quantitative estimate of drug-likeness (QED) is 0.767. The van der Waals surface area contributed by atoms with Gasteiger partial charge in [0, 0.05) is 10.6 Å². The summed E-state index contributed by atoms with van der Waals surface area (Å²) >= 11 is 13.0. The van der Waals surface area contributed by atoms with Crippen LogP contribution in [0, 0.1) is 0 Å². The highest BCUT2D eigenvalue weighted by atomic mass is 35.5. The van der Waals surface area contributed by atoms with Gasteiger partial charge in [-0.2, -0.15) is 8.75 Å². The lowest BCUT2D eigenvalue weighted by Gasteiger charge is -2.07. The van der Waals surface area contributed by atoms with Crippen molar-refractivity contribution in [2.45, 2.75) is 0 Å². The molecule has 0 aliphatic rings. The molecule has 2 aromatic carbocycles. The van der Waals surface area contributed by atoms with E-state index in [-0.39, 0.29) is 5.91 Å². The molecule has 1 amide bonds. The van der Waals surface area contributed by atoms with Gasteiger partial charge in [-0.3, -0.25) is 4.79 Å². The maximum atomic E-state index is 12.2. The minimum absolute atomic E-state index is 0.274. The molecule has 0 saturated heterocycles. The van der Waals surface area contributed by atoms with E-state index in [1.165, 1.54) is 0 Å².